The number of carbonyl (C=O) groups is 1. The molecule has 45 heavy (non-hydrogen) atoms. The van der Waals surface area contributed by atoms with Gasteiger partial charge in [-0.05, 0) is 40.2 Å². The third-order valence-corrected chi connectivity index (χ3v) is 7.30. The van der Waals surface area contributed by atoms with E-state index in [1.165, 1.54) is 36.9 Å². The molecule has 0 aliphatic carbocycles. The zero-order valence-electron chi connectivity index (χ0n) is 24.7. The average Bonchev–Trinajstić information content (AvgIpc) is 3.61. The zero-order chi connectivity index (χ0) is 31.4. The minimum atomic E-state index is -0.541. The van der Waals surface area contributed by atoms with Crippen molar-refractivity contribution >= 4 is 51.4 Å². The van der Waals surface area contributed by atoms with Gasteiger partial charge in [-0.1, -0.05) is 11.6 Å². The van der Waals surface area contributed by atoms with Crippen LogP contribution in [0.3, 0.4) is 0 Å². The molecule has 2 N–H and O–H groups in total. The fourth-order valence-electron chi connectivity index (χ4n) is 4.74. The van der Waals surface area contributed by atoms with Gasteiger partial charge in [-0.25, -0.2) is 14.4 Å². The predicted octanol–water partition coefficient (Wildman–Crippen LogP) is 1.75. The van der Waals surface area contributed by atoms with Crippen molar-refractivity contribution in [2.24, 2.45) is 7.05 Å². The van der Waals surface area contributed by atoms with Crippen LogP contribution in [0.15, 0.2) is 55.1 Å². The minimum Gasteiger partial charge on any atom is -1.00 e. The molecular weight excluding hydrogens is 675 g/mol. The Hall–Kier alpha value is -4.18. The second-order valence-corrected chi connectivity index (χ2v) is 11.4. The van der Waals surface area contributed by atoms with Gasteiger partial charge in [0.05, 0.1) is 50.1 Å². The lowest BCUT2D eigenvalue weighted by Gasteiger charge is -2.28. The quantitative estimate of drug-likeness (QED) is 0.103. The lowest BCUT2D eigenvalue weighted by Crippen LogP contribution is -3.00. The molecule has 0 bridgehead atoms. The van der Waals surface area contributed by atoms with Crippen molar-refractivity contribution in [1.82, 2.24) is 19.5 Å². The molecule has 1 saturated heterocycles. The Morgan fingerprint density at radius 3 is 2.80 bits per heavy atom. The van der Waals surface area contributed by atoms with E-state index >= 15 is 0 Å². The van der Waals surface area contributed by atoms with Crippen LogP contribution >= 0.6 is 11.6 Å². The maximum absolute atomic E-state index is 13.7. The SMILES string of the molecule is Cn1cnc([N+](=O)[O-])c1C[N+](C)(C)C/C=C/C(=O)Nc1cc2c(Nc3ccc(F)c(Cl)c3)ncnc2cc1O[C@H]1CCOC1.[Br-]. The van der Waals surface area contributed by atoms with Crippen LogP contribution in [-0.2, 0) is 23.1 Å². The highest BCUT2D eigenvalue weighted by Gasteiger charge is 2.27. The first kappa shape index (κ1) is 33.7. The van der Waals surface area contributed by atoms with Crippen molar-refractivity contribution in [3.63, 3.8) is 0 Å². The second kappa shape index (κ2) is 14.3. The van der Waals surface area contributed by atoms with Gasteiger partial charge in [0.1, 0.15) is 36.4 Å². The first-order chi connectivity index (χ1) is 21.0. The summed E-state index contributed by atoms with van der Waals surface area (Å²) in [6.07, 6.45) is 6.44. The Kier molecular flexibility index (Phi) is 10.7. The molecule has 1 fully saturated rings. The smallest absolute Gasteiger partial charge is 0.390 e. The number of nitrogens with zero attached hydrogens (tertiary/aromatic N) is 6. The highest BCUT2D eigenvalue weighted by Crippen LogP contribution is 2.35. The van der Waals surface area contributed by atoms with Gasteiger partial charge >= 0.3 is 5.82 Å². The molecule has 0 radical (unpaired) electrons. The van der Waals surface area contributed by atoms with E-state index in [1.807, 2.05) is 14.1 Å². The molecule has 5 rings (SSSR count). The number of fused-ring (bicyclic) bond motifs is 1. The summed E-state index contributed by atoms with van der Waals surface area (Å²) in [7, 11) is 5.52. The van der Waals surface area contributed by atoms with E-state index in [0.717, 1.165) is 0 Å². The van der Waals surface area contributed by atoms with E-state index in [4.69, 9.17) is 21.1 Å². The topological polar surface area (TPSA) is 146 Å². The molecule has 4 aromatic rings. The first-order valence-corrected chi connectivity index (χ1v) is 14.1. The van der Waals surface area contributed by atoms with Crippen LogP contribution < -0.4 is 32.4 Å². The van der Waals surface area contributed by atoms with Gasteiger partial charge in [0.2, 0.25) is 12.2 Å². The number of quaternary nitrogens is 1. The van der Waals surface area contributed by atoms with E-state index in [0.29, 0.717) is 76.7 Å². The van der Waals surface area contributed by atoms with Crippen LogP contribution in [0.25, 0.3) is 10.9 Å². The number of halogens is 3. The Morgan fingerprint density at radius 2 is 2.09 bits per heavy atom. The summed E-state index contributed by atoms with van der Waals surface area (Å²) in [5.74, 6) is -0.287. The van der Waals surface area contributed by atoms with E-state index in [9.17, 15) is 19.3 Å². The maximum atomic E-state index is 13.7. The predicted molar refractivity (Wildman–Crippen MR) is 162 cm³/mol. The number of nitrogens with one attached hydrogen (secondary N) is 2. The second-order valence-electron chi connectivity index (χ2n) is 11.0. The highest BCUT2D eigenvalue weighted by atomic mass is 79.9. The molecule has 13 nitrogen and oxygen atoms in total. The van der Waals surface area contributed by atoms with E-state index in [2.05, 4.69) is 25.6 Å². The number of anilines is 3. The van der Waals surface area contributed by atoms with Crippen molar-refractivity contribution in [1.29, 1.82) is 0 Å². The van der Waals surface area contributed by atoms with Crippen LogP contribution in [0.5, 0.6) is 5.75 Å². The van der Waals surface area contributed by atoms with Gasteiger partial charge in [0, 0.05) is 36.7 Å². The van der Waals surface area contributed by atoms with Crippen molar-refractivity contribution in [2.75, 3.05) is 44.5 Å². The molecule has 238 valence electrons. The molecule has 1 amide bonds. The molecule has 1 aliphatic rings. The third-order valence-electron chi connectivity index (χ3n) is 7.02. The summed E-state index contributed by atoms with van der Waals surface area (Å²) in [4.78, 5) is 36.6. The number of aromatic nitrogens is 4. The monoisotopic (exact) mass is 704 g/mol. The Labute approximate surface area is 273 Å². The molecule has 0 spiro atoms. The Balaban J connectivity index is 0.00000461. The normalized spacial score (nSPS) is 14.8. The highest BCUT2D eigenvalue weighted by molar-refractivity contribution is 6.31. The summed E-state index contributed by atoms with van der Waals surface area (Å²) >= 11 is 5.95. The summed E-state index contributed by atoms with van der Waals surface area (Å²) in [5.41, 5.74) is 1.96. The summed E-state index contributed by atoms with van der Waals surface area (Å²) in [5, 5.41) is 17.9. The molecule has 0 saturated carbocycles. The van der Waals surface area contributed by atoms with Gasteiger partial charge in [0.15, 0.2) is 5.69 Å². The van der Waals surface area contributed by atoms with Crippen molar-refractivity contribution in [3.8, 4) is 5.75 Å². The number of benzene rings is 2. The molecule has 16 heteroatoms. The van der Waals surface area contributed by atoms with Crippen LogP contribution in [0.4, 0.5) is 27.4 Å². The van der Waals surface area contributed by atoms with Gasteiger partial charge < -0.3 is 56.3 Å². The summed E-state index contributed by atoms with van der Waals surface area (Å²) in [6, 6.07) is 7.66. The van der Waals surface area contributed by atoms with Gasteiger partial charge in [-0.15, -0.1) is 0 Å². The largest absolute Gasteiger partial charge is 1.00 e. The summed E-state index contributed by atoms with van der Waals surface area (Å²) in [6.45, 7) is 1.75. The van der Waals surface area contributed by atoms with Crippen molar-refractivity contribution in [3.05, 3.63) is 81.8 Å². The number of amides is 1. The number of rotatable bonds is 11. The number of ether oxygens (including phenoxy) is 2. The molecule has 2 aromatic heterocycles. The first-order valence-electron chi connectivity index (χ1n) is 13.7. The number of aryl methyl sites for hydroxylation is 1. The van der Waals surface area contributed by atoms with E-state index in [1.54, 1.807) is 29.8 Å². The van der Waals surface area contributed by atoms with Gasteiger partial charge in [0.25, 0.3) is 0 Å². The van der Waals surface area contributed by atoms with Crippen LogP contribution in [0, 0.1) is 15.9 Å². The number of hydrogen-bond donors (Lipinski definition) is 2. The van der Waals surface area contributed by atoms with Crippen LogP contribution in [0.1, 0.15) is 12.1 Å². The summed E-state index contributed by atoms with van der Waals surface area (Å²) < 4.78 is 27.3. The fourth-order valence-corrected chi connectivity index (χ4v) is 4.92. The number of nitro groups is 1. The zero-order valence-corrected chi connectivity index (χ0v) is 27.0. The lowest BCUT2D eigenvalue weighted by molar-refractivity contribution is -0.898. The molecule has 0 unspecified atom stereocenters. The third kappa shape index (κ3) is 8.30. The fraction of sp³-hybridized carbons (Fsp3) is 0.310. The van der Waals surface area contributed by atoms with Gasteiger partial charge in [-0.2, -0.15) is 0 Å². The molecule has 2 aromatic carbocycles. The Morgan fingerprint density at radius 1 is 1.29 bits per heavy atom. The van der Waals surface area contributed by atoms with Crippen molar-refractivity contribution < 1.29 is 45.0 Å². The molecular formula is C29H31BrClFN8O5. The number of carbonyl (C=O) groups excluding carboxylic acids is 1. The van der Waals surface area contributed by atoms with Crippen LogP contribution in [0.2, 0.25) is 5.02 Å². The number of hydrogen-bond acceptors (Lipinski definition) is 9. The van der Waals surface area contributed by atoms with Gasteiger partial charge in [-0.3, -0.25) is 4.79 Å². The van der Waals surface area contributed by atoms with Crippen LogP contribution in [-0.4, -0.2) is 74.8 Å². The number of imidazole rings is 1. The molecule has 1 aliphatic heterocycles. The number of likely N-dealkylation sites (N-methyl/N-ethyl adjacent to an activating group) is 1. The average molecular weight is 706 g/mol. The molecule has 3 heterocycles. The lowest BCUT2D eigenvalue weighted by atomic mass is 10.1. The minimum absolute atomic E-state index is 0. The maximum Gasteiger partial charge on any atom is 0.390 e. The van der Waals surface area contributed by atoms with Crippen molar-refractivity contribution in [2.45, 2.75) is 19.1 Å². The van der Waals surface area contributed by atoms with E-state index in [-0.39, 0.29) is 33.9 Å². The Bertz CT molecular complexity index is 1750. The standard InChI is InChI=1S/C29H30ClFN8O5.BrH/c1-37-17-34-29(38(41)42)25(37)14-39(2,3)9-4-5-27(40)36-24-12-20-23(13-26(24)44-19-8-10-43-15-19)32-16-33-28(20)35-18-6-7-22(31)21(30)11-18;/h4-7,11-13,16-17,19H,8-10,14-15H2,1-3H3,(H-,32,33,35,36,40);1H/b5-4+;/t19-;/m0./s1. The molecule has 1 atom stereocenters. The van der Waals surface area contributed by atoms with E-state index < -0.39 is 16.6 Å².